The molecule has 1 aliphatic rings. The maximum Gasteiger partial charge on any atom is 0.242 e. The number of hydrogen-bond donors (Lipinski definition) is 1. The molecule has 0 spiro atoms. The standard InChI is InChI=1S/C29H21N5OS2/c1-2-18-11-13-19(14-12-18)27-20(15-30)28(32)33-29(21(27)16-31)36-17-26(35)34-22-7-3-5-9-24(22)37-25-10-6-4-8-23(25)34/h3-14H,2,17H2,1H3,(H2,32,33). The number of carbonyl (C=O) groups excluding carboxylic acids is 1. The van der Waals surface area contributed by atoms with Crippen molar-refractivity contribution >= 4 is 46.6 Å². The van der Waals surface area contributed by atoms with Crippen molar-refractivity contribution in [3.05, 3.63) is 89.5 Å². The molecule has 0 fully saturated rings. The fraction of sp³-hybridized carbons (Fsp3) is 0.103. The number of fused-ring (bicyclic) bond motifs is 2. The largest absolute Gasteiger partial charge is 0.383 e. The van der Waals surface area contributed by atoms with Crippen LogP contribution in [0, 0.1) is 22.7 Å². The van der Waals surface area contributed by atoms with E-state index in [9.17, 15) is 15.3 Å². The number of thioether (sulfide) groups is 1. The first kappa shape index (κ1) is 24.5. The molecule has 1 amide bonds. The van der Waals surface area contributed by atoms with Crippen LogP contribution in [-0.4, -0.2) is 16.6 Å². The Balaban J connectivity index is 1.51. The lowest BCUT2D eigenvalue weighted by Crippen LogP contribution is -2.30. The van der Waals surface area contributed by atoms with Crippen molar-refractivity contribution in [1.82, 2.24) is 4.98 Å². The average molecular weight is 520 g/mol. The van der Waals surface area contributed by atoms with E-state index < -0.39 is 0 Å². The summed E-state index contributed by atoms with van der Waals surface area (Å²) in [6.07, 6.45) is 0.874. The number of para-hydroxylation sites is 2. The number of anilines is 3. The summed E-state index contributed by atoms with van der Waals surface area (Å²) in [5.41, 5.74) is 10.5. The minimum Gasteiger partial charge on any atom is -0.383 e. The van der Waals surface area contributed by atoms with E-state index in [2.05, 4.69) is 24.0 Å². The number of nitrogens with two attached hydrogens (primary N) is 1. The predicted octanol–water partition coefficient (Wildman–Crippen LogP) is 6.56. The molecule has 2 N–H and O–H groups in total. The molecule has 0 atom stereocenters. The molecule has 1 aliphatic heterocycles. The van der Waals surface area contributed by atoms with Gasteiger partial charge >= 0.3 is 0 Å². The third-order valence-electron chi connectivity index (χ3n) is 6.08. The molecule has 6 nitrogen and oxygen atoms in total. The first-order chi connectivity index (χ1) is 18.0. The number of nitrogen functional groups attached to an aromatic ring is 1. The van der Waals surface area contributed by atoms with Gasteiger partial charge < -0.3 is 5.73 Å². The summed E-state index contributed by atoms with van der Waals surface area (Å²) in [6, 6.07) is 27.6. The molecule has 0 saturated heterocycles. The van der Waals surface area contributed by atoms with Crippen LogP contribution in [0.2, 0.25) is 0 Å². The Bertz CT molecular complexity index is 1560. The van der Waals surface area contributed by atoms with E-state index in [4.69, 9.17) is 5.73 Å². The van der Waals surface area contributed by atoms with E-state index >= 15 is 0 Å². The van der Waals surface area contributed by atoms with E-state index in [1.165, 1.54) is 0 Å². The summed E-state index contributed by atoms with van der Waals surface area (Å²) < 4.78 is 0. The summed E-state index contributed by atoms with van der Waals surface area (Å²) in [5.74, 6) is -0.0714. The molecule has 0 saturated carbocycles. The molecule has 3 aromatic carbocycles. The number of nitriles is 2. The number of aryl methyl sites for hydroxylation is 1. The number of benzene rings is 3. The van der Waals surface area contributed by atoms with Crippen molar-refractivity contribution in [1.29, 1.82) is 10.5 Å². The zero-order valence-electron chi connectivity index (χ0n) is 19.9. The lowest BCUT2D eigenvalue weighted by atomic mass is 9.96. The average Bonchev–Trinajstić information content (AvgIpc) is 2.94. The van der Waals surface area contributed by atoms with E-state index in [1.807, 2.05) is 72.8 Å². The summed E-state index contributed by atoms with van der Waals surface area (Å²) in [5, 5.41) is 20.2. The number of carbonyl (C=O) groups is 1. The zero-order chi connectivity index (χ0) is 25.9. The van der Waals surface area contributed by atoms with Gasteiger partial charge in [-0.2, -0.15) is 10.5 Å². The molecule has 5 rings (SSSR count). The lowest BCUT2D eigenvalue weighted by molar-refractivity contribution is -0.115. The van der Waals surface area contributed by atoms with Crippen molar-refractivity contribution in [3.8, 4) is 23.3 Å². The minimum absolute atomic E-state index is 0.0363. The second-order valence-corrected chi connectivity index (χ2v) is 10.3. The van der Waals surface area contributed by atoms with Crippen LogP contribution in [0.4, 0.5) is 17.2 Å². The fourth-order valence-corrected chi connectivity index (χ4v) is 6.17. The van der Waals surface area contributed by atoms with Crippen LogP contribution in [0.25, 0.3) is 11.1 Å². The molecule has 0 unspecified atom stereocenters. The molecule has 0 radical (unpaired) electrons. The summed E-state index contributed by atoms with van der Waals surface area (Å²) in [4.78, 5) is 21.7. The highest BCUT2D eigenvalue weighted by atomic mass is 32.2. The van der Waals surface area contributed by atoms with Gasteiger partial charge in [0.25, 0.3) is 0 Å². The molecular weight excluding hydrogens is 498 g/mol. The molecule has 2 heterocycles. The van der Waals surface area contributed by atoms with Gasteiger partial charge in [-0.05, 0) is 41.8 Å². The number of amides is 1. The summed E-state index contributed by atoms with van der Waals surface area (Å²) >= 11 is 2.78. The van der Waals surface area contributed by atoms with E-state index in [0.29, 0.717) is 16.2 Å². The van der Waals surface area contributed by atoms with Crippen LogP contribution in [0.15, 0.2) is 87.6 Å². The Morgan fingerprint density at radius 2 is 1.54 bits per heavy atom. The van der Waals surface area contributed by atoms with Crippen molar-refractivity contribution in [2.75, 3.05) is 16.4 Å². The van der Waals surface area contributed by atoms with Crippen molar-refractivity contribution in [2.45, 2.75) is 28.2 Å². The molecule has 180 valence electrons. The predicted molar refractivity (Wildman–Crippen MR) is 148 cm³/mol. The van der Waals surface area contributed by atoms with Gasteiger partial charge in [-0.1, -0.05) is 79.0 Å². The Kier molecular flexibility index (Phi) is 6.87. The van der Waals surface area contributed by atoms with E-state index in [-0.39, 0.29) is 28.6 Å². The second-order valence-electron chi connectivity index (χ2n) is 8.26. The van der Waals surface area contributed by atoms with Crippen LogP contribution in [-0.2, 0) is 11.2 Å². The first-order valence-corrected chi connectivity index (χ1v) is 13.4. The van der Waals surface area contributed by atoms with Gasteiger partial charge in [0, 0.05) is 15.4 Å². The minimum atomic E-state index is -0.146. The highest BCUT2D eigenvalue weighted by Gasteiger charge is 2.29. The maximum absolute atomic E-state index is 13.6. The molecule has 37 heavy (non-hydrogen) atoms. The summed E-state index contributed by atoms with van der Waals surface area (Å²) in [6.45, 7) is 2.06. The molecule has 4 aromatic rings. The van der Waals surface area contributed by atoms with Crippen molar-refractivity contribution < 1.29 is 4.79 Å². The van der Waals surface area contributed by atoms with Gasteiger partial charge in [0.1, 0.15) is 28.5 Å². The highest BCUT2D eigenvalue weighted by molar-refractivity contribution is 8.00. The van der Waals surface area contributed by atoms with Crippen LogP contribution in [0.1, 0.15) is 23.6 Å². The maximum atomic E-state index is 13.6. The number of pyridine rings is 1. The monoisotopic (exact) mass is 519 g/mol. The van der Waals surface area contributed by atoms with Gasteiger partial charge in [-0.15, -0.1) is 0 Å². The number of nitrogens with zero attached hydrogens (tertiary/aromatic N) is 4. The zero-order valence-corrected chi connectivity index (χ0v) is 21.6. The number of rotatable bonds is 5. The van der Waals surface area contributed by atoms with Gasteiger partial charge in [0.2, 0.25) is 5.91 Å². The van der Waals surface area contributed by atoms with Crippen LogP contribution >= 0.6 is 23.5 Å². The van der Waals surface area contributed by atoms with E-state index in [0.717, 1.165) is 44.9 Å². The number of aromatic nitrogens is 1. The summed E-state index contributed by atoms with van der Waals surface area (Å²) in [7, 11) is 0. The Morgan fingerprint density at radius 1 is 0.946 bits per heavy atom. The van der Waals surface area contributed by atoms with Gasteiger partial charge in [-0.25, -0.2) is 4.98 Å². The third kappa shape index (κ3) is 4.53. The van der Waals surface area contributed by atoms with Gasteiger partial charge in [-0.3, -0.25) is 9.69 Å². The fourth-order valence-electron chi connectivity index (χ4n) is 4.27. The third-order valence-corrected chi connectivity index (χ3v) is 8.17. The lowest BCUT2D eigenvalue weighted by Gasteiger charge is -2.31. The van der Waals surface area contributed by atoms with E-state index in [1.54, 1.807) is 16.7 Å². The SMILES string of the molecule is CCc1ccc(-c2c(C#N)c(N)nc(SCC(=O)N3c4ccccc4Sc4ccccc43)c2C#N)cc1. The first-order valence-electron chi connectivity index (χ1n) is 11.6. The van der Waals surface area contributed by atoms with Crippen molar-refractivity contribution in [3.63, 3.8) is 0 Å². The molecule has 1 aromatic heterocycles. The Morgan fingerprint density at radius 3 is 2.11 bits per heavy atom. The number of hydrogen-bond acceptors (Lipinski definition) is 7. The second kappa shape index (κ2) is 10.4. The highest BCUT2D eigenvalue weighted by Crippen LogP contribution is 2.48. The normalized spacial score (nSPS) is 11.7. The van der Waals surface area contributed by atoms with Crippen LogP contribution < -0.4 is 10.6 Å². The molecule has 0 aliphatic carbocycles. The smallest absolute Gasteiger partial charge is 0.242 e. The Labute approximate surface area is 223 Å². The Hall–Kier alpha value is -4.24. The molecule has 0 bridgehead atoms. The van der Waals surface area contributed by atoms with Gasteiger partial charge in [0.15, 0.2) is 0 Å². The van der Waals surface area contributed by atoms with Gasteiger partial charge in [0.05, 0.1) is 22.7 Å². The topological polar surface area (TPSA) is 107 Å². The van der Waals surface area contributed by atoms with Crippen LogP contribution in [0.3, 0.4) is 0 Å². The quantitative estimate of drug-likeness (QED) is 0.298. The molecular formula is C29H21N5OS2. The van der Waals surface area contributed by atoms with Crippen LogP contribution in [0.5, 0.6) is 0 Å². The molecule has 8 heteroatoms. The van der Waals surface area contributed by atoms with Crippen molar-refractivity contribution in [2.24, 2.45) is 0 Å².